The molecule has 1 aromatic carbocycles. The number of pyridine rings is 1. The van der Waals surface area contributed by atoms with Gasteiger partial charge >= 0.3 is 0 Å². The van der Waals surface area contributed by atoms with Crippen LogP contribution in [0.2, 0.25) is 0 Å². The molecule has 0 saturated heterocycles. The van der Waals surface area contributed by atoms with E-state index in [1.807, 2.05) is 38.5 Å². The highest BCUT2D eigenvalue weighted by Crippen LogP contribution is 2.65. The molecule has 5 heteroatoms. The Labute approximate surface area is 208 Å². The van der Waals surface area contributed by atoms with Crippen LogP contribution < -0.4 is 5.32 Å². The second-order valence-corrected chi connectivity index (χ2v) is 11.4. The molecule has 35 heavy (non-hydrogen) atoms. The van der Waals surface area contributed by atoms with Crippen LogP contribution in [0.25, 0.3) is 16.5 Å². The third-order valence-electron chi connectivity index (χ3n) is 9.31. The van der Waals surface area contributed by atoms with E-state index in [2.05, 4.69) is 35.4 Å². The minimum atomic E-state index is -1.72. The van der Waals surface area contributed by atoms with Crippen LogP contribution in [0.3, 0.4) is 0 Å². The van der Waals surface area contributed by atoms with Gasteiger partial charge < -0.3 is 15.5 Å². The fourth-order valence-electron chi connectivity index (χ4n) is 7.54. The molecule has 6 rings (SSSR count). The fraction of sp³-hybridized carbons (Fsp3) is 0.567. The standard InChI is InChI=1S/C28H32FNO2.C2H7N/c1-26-13-14-27(29)17-19-16-20(31)8-7-18(19)11-12-28(27,32)25(26)10-9-23(26)21-4-2-6-24-22(21)5-3-15-30-24;1-3-2/h2-6,9,15,17-18,20,25,31-32H,7-8,10-14,16H2,1H3;3H,1-2H3/t18?,20?,25?,26?,27?,28-;/m0./s1. The molecule has 4 aliphatic rings. The number of aromatic nitrogens is 1. The second kappa shape index (κ2) is 9.10. The highest BCUT2D eigenvalue weighted by molar-refractivity contribution is 5.93. The van der Waals surface area contributed by atoms with E-state index in [1.54, 1.807) is 6.08 Å². The molecule has 0 aliphatic heterocycles. The molecule has 2 aromatic rings. The lowest BCUT2D eigenvalue weighted by Crippen LogP contribution is -2.61. The van der Waals surface area contributed by atoms with Gasteiger partial charge in [-0.05, 0) is 106 Å². The van der Waals surface area contributed by atoms with Gasteiger partial charge in [0.05, 0.1) is 11.6 Å². The third-order valence-corrected chi connectivity index (χ3v) is 9.31. The monoisotopic (exact) mass is 478 g/mol. The lowest BCUT2D eigenvalue weighted by Gasteiger charge is -2.55. The van der Waals surface area contributed by atoms with E-state index in [0.29, 0.717) is 38.0 Å². The van der Waals surface area contributed by atoms with Gasteiger partial charge in [0.25, 0.3) is 0 Å². The largest absolute Gasteiger partial charge is 0.393 e. The van der Waals surface area contributed by atoms with E-state index in [1.165, 1.54) is 11.1 Å². The lowest BCUT2D eigenvalue weighted by atomic mass is 9.53. The summed E-state index contributed by atoms with van der Waals surface area (Å²) in [7, 11) is 3.75. The third kappa shape index (κ3) is 3.87. The minimum Gasteiger partial charge on any atom is -0.393 e. The number of rotatable bonds is 1. The summed E-state index contributed by atoms with van der Waals surface area (Å²) in [5.74, 6) is 0.141. The molecule has 0 spiro atoms. The Bertz CT molecular complexity index is 1160. The first-order chi connectivity index (χ1) is 16.8. The maximum absolute atomic E-state index is 16.7. The zero-order chi connectivity index (χ0) is 24.8. The van der Waals surface area contributed by atoms with Crippen molar-refractivity contribution in [2.45, 2.75) is 75.7 Å². The lowest BCUT2D eigenvalue weighted by molar-refractivity contribution is -0.172. The number of allylic oxidation sites excluding steroid dienone is 2. The topological polar surface area (TPSA) is 65.4 Å². The van der Waals surface area contributed by atoms with Crippen LogP contribution in [0.15, 0.2) is 54.3 Å². The fourth-order valence-corrected chi connectivity index (χ4v) is 7.54. The summed E-state index contributed by atoms with van der Waals surface area (Å²) < 4.78 is 16.7. The van der Waals surface area contributed by atoms with E-state index in [9.17, 15) is 10.2 Å². The molecule has 4 aliphatic carbocycles. The van der Waals surface area contributed by atoms with E-state index in [0.717, 1.165) is 35.7 Å². The normalized spacial score (nSPS) is 38.2. The number of hydrogen-bond donors (Lipinski definition) is 3. The van der Waals surface area contributed by atoms with Gasteiger partial charge in [0.2, 0.25) is 0 Å². The molecule has 4 nitrogen and oxygen atoms in total. The first kappa shape index (κ1) is 24.6. The predicted molar refractivity (Wildman–Crippen MR) is 140 cm³/mol. The molecule has 5 unspecified atom stereocenters. The number of nitrogens with zero attached hydrogens (tertiary/aromatic N) is 1. The van der Waals surface area contributed by atoms with Gasteiger partial charge in [-0.3, -0.25) is 4.98 Å². The first-order valence-corrected chi connectivity index (χ1v) is 13.2. The maximum Gasteiger partial charge on any atom is 0.158 e. The molecule has 2 saturated carbocycles. The van der Waals surface area contributed by atoms with Gasteiger partial charge in [-0.2, -0.15) is 0 Å². The summed E-state index contributed by atoms with van der Waals surface area (Å²) >= 11 is 0. The average Bonchev–Trinajstić information content (AvgIpc) is 3.14. The zero-order valence-electron chi connectivity index (χ0n) is 21.2. The Morgan fingerprint density at radius 2 is 1.86 bits per heavy atom. The van der Waals surface area contributed by atoms with Gasteiger partial charge in [-0.1, -0.05) is 36.8 Å². The van der Waals surface area contributed by atoms with Crippen LogP contribution in [-0.2, 0) is 0 Å². The average molecular weight is 479 g/mol. The first-order valence-electron chi connectivity index (χ1n) is 13.2. The van der Waals surface area contributed by atoms with Gasteiger partial charge in [0, 0.05) is 17.5 Å². The summed E-state index contributed by atoms with van der Waals surface area (Å²) in [6.07, 6.45) is 10.7. The minimum absolute atomic E-state index is 0.155. The van der Waals surface area contributed by atoms with Crippen LogP contribution >= 0.6 is 0 Å². The number of halogens is 1. The van der Waals surface area contributed by atoms with Crippen LogP contribution in [0.1, 0.15) is 63.9 Å². The van der Waals surface area contributed by atoms with Crippen LogP contribution in [0.5, 0.6) is 0 Å². The predicted octanol–water partition coefficient (Wildman–Crippen LogP) is 5.59. The van der Waals surface area contributed by atoms with Crippen molar-refractivity contribution in [1.82, 2.24) is 10.3 Å². The highest BCUT2D eigenvalue weighted by Gasteiger charge is 2.65. The van der Waals surface area contributed by atoms with Crippen LogP contribution in [0, 0.1) is 17.3 Å². The van der Waals surface area contributed by atoms with Crippen molar-refractivity contribution in [1.29, 1.82) is 0 Å². The quantitative estimate of drug-likeness (QED) is 0.467. The van der Waals surface area contributed by atoms with Crippen molar-refractivity contribution < 1.29 is 14.6 Å². The smallest absolute Gasteiger partial charge is 0.158 e. The van der Waals surface area contributed by atoms with E-state index in [4.69, 9.17) is 0 Å². The van der Waals surface area contributed by atoms with Crippen molar-refractivity contribution in [3.05, 3.63) is 59.8 Å². The molecule has 2 fully saturated rings. The Kier molecular flexibility index (Phi) is 6.40. The summed E-state index contributed by atoms with van der Waals surface area (Å²) in [5, 5.41) is 26.2. The van der Waals surface area contributed by atoms with Crippen molar-refractivity contribution in [2.24, 2.45) is 17.3 Å². The molecule has 0 radical (unpaired) electrons. The number of fused-ring (bicyclic) bond motifs is 5. The number of alkyl halides is 1. The van der Waals surface area contributed by atoms with E-state index >= 15 is 4.39 Å². The number of hydrogen-bond acceptors (Lipinski definition) is 4. The summed E-state index contributed by atoms with van der Waals surface area (Å²) in [6.45, 7) is 2.23. The Balaban J connectivity index is 0.000000806. The number of benzene rings is 1. The number of aliphatic hydroxyl groups excluding tert-OH is 1. The molecular formula is C30H39FN2O2. The maximum atomic E-state index is 16.7. The van der Waals surface area contributed by atoms with Gasteiger partial charge in [-0.15, -0.1) is 0 Å². The Hall–Kier alpha value is -2.08. The summed E-state index contributed by atoms with van der Waals surface area (Å²) in [5.41, 5.74) is 1.03. The molecule has 0 amide bonds. The van der Waals surface area contributed by atoms with Crippen molar-refractivity contribution in [3.8, 4) is 0 Å². The van der Waals surface area contributed by atoms with Gasteiger partial charge in [-0.25, -0.2) is 4.39 Å². The highest BCUT2D eigenvalue weighted by atomic mass is 19.1. The molecule has 1 aromatic heterocycles. The van der Waals surface area contributed by atoms with Crippen molar-refractivity contribution >= 4 is 16.5 Å². The Morgan fingerprint density at radius 3 is 2.66 bits per heavy atom. The zero-order valence-corrected chi connectivity index (χ0v) is 21.2. The molecule has 1 heterocycles. The number of aliphatic hydroxyl groups is 2. The van der Waals surface area contributed by atoms with Crippen LogP contribution in [0.4, 0.5) is 4.39 Å². The molecule has 0 bridgehead atoms. The Morgan fingerprint density at radius 1 is 1.06 bits per heavy atom. The van der Waals surface area contributed by atoms with Gasteiger partial charge in [0.1, 0.15) is 5.60 Å². The van der Waals surface area contributed by atoms with Gasteiger partial charge in [0.15, 0.2) is 5.67 Å². The SMILES string of the molecule is CC12CCC3(F)C=C4CC(O)CCC4CC[C@]3(O)C1CC=C2c1cccc2ncccc12.CNC. The van der Waals surface area contributed by atoms with E-state index < -0.39 is 11.3 Å². The summed E-state index contributed by atoms with van der Waals surface area (Å²) in [6, 6.07) is 10.3. The number of nitrogens with one attached hydrogen (secondary N) is 1. The van der Waals surface area contributed by atoms with Crippen LogP contribution in [-0.4, -0.2) is 46.7 Å². The molecular weight excluding hydrogens is 439 g/mol. The molecule has 188 valence electrons. The van der Waals surface area contributed by atoms with Crippen molar-refractivity contribution in [3.63, 3.8) is 0 Å². The molecule has 6 atom stereocenters. The van der Waals surface area contributed by atoms with Crippen molar-refractivity contribution in [2.75, 3.05) is 14.1 Å². The molecule has 3 N–H and O–H groups in total. The van der Waals surface area contributed by atoms with E-state index in [-0.39, 0.29) is 17.4 Å². The second-order valence-electron chi connectivity index (χ2n) is 11.4. The summed E-state index contributed by atoms with van der Waals surface area (Å²) in [4.78, 5) is 4.53.